The summed E-state index contributed by atoms with van der Waals surface area (Å²) in [5.74, 6) is -0.288. The minimum atomic E-state index is -3.93. The van der Waals surface area contributed by atoms with Crippen molar-refractivity contribution in [1.29, 1.82) is 0 Å². The number of nitrogens with one attached hydrogen (secondary N) is 1. The summed E-state index contributed by atoms with van der Waals surface area (Å²) >= 11 is 12.1. The number of carbonyl (C=O) groups excluding carboxylic acids is 1. The smallest absolute Gasteiger partial charge is 0.238 e. The van der Waals surface area contributed by atoms with Crippen molar-refractivity contribution >= 4 is 44.8 Å². The Labute approximate surface area is 128 Å². The molecule has 0 unspecified atom stereocenters. The summed E-state index contributed by atoms with van der Waals surface area (Å²) in [5, 5.41) is 7.75. The number of hydrogen-bond donors (Lipinski definition) is 2. The van der Waals surface area contributed by atoms with Gasteiger partial charge in [-0.05, 0) is 18.6 Å². The van der Waals surface area contributed by atoms with Crippen molar-refractivity contribution in [3.8, 4) is 0 Å². The molecule has 112 valence electrons. The molecule has 0 spiro atoms. The van der Waals surface area contributed by atoms with Gasteiger partial charge in [0.2, 0.25) is 15.9 Å². The van der Waals surface area contributed by atoms with E-state index in [1.165, 1.54) is 13.0 Å². The predicted octanol–water partition coefficient (Wildman–Crippen LogP) is 2.93. The third-order valence-corrected chi connectivity index (χ3v) is 4.45. The van der Waals surface area contributed by atoms with Crippen LogP contribution in [0, 0.1) is 12.3 Å². The van der Waals surface area contributed by atoms with Gasteiger partial charge in [0.05, 0.1) is 20.6 Å². The highest BCUT2D eigenvalue weighted by atomic mass is 35.5. The Morgan fingerprint density at radius 1 is 1.30 bits per heavy atom. The first-order chi connectivity index (χ1) is 8.85. The highest BCUT2D eigenvalue weighted by molar-refractivity contribution is 7.89. The first-order valence-corrected chi connectivity index (χ1v) is 7.98. The second-order valence-corrected chi connectivity index (χ2v) is 7.73. The summed E-state index contributed by atoms with van der Waals surface area (Å²) in [6.07, 6.45) is 0. The molecule has 3 N–H and O–H groups in total. The van der Waals surface area contributed by atoms with E-state index in [0.717, 1.165) is 0 Å². The number of amides is 1. The summed E-state index contributed by atoms with van der Waals surface area (Å²) in [6.45, 7) is 6.69. The lowest BCUT2D eigenvalue weighted by Crippen LogP contribution is -2.28. The van der Waals surface area contributed by atoms with Crippen LogP contribution in [0.3, 0.4) is 0 Å². The van der Waals surface area contributed by atoms with Crippen LogP contribution in [-0.4, -0.2) is 14.3 Å². The minimum Gasteiger partial charge on any atom is -0.323 e. The van der Waals surface area contributed by atoms with Gasteiger partial charge in [0.1, 0.15) is 0 Å². The Balaban J connectivity index is 3.40. The molecule has 0 aliphatic heterocycles. The van der Waals surface area contributed by atoms with Crippen LogP contribution in [0.5, 0.6) is 0 Å². The summed E-state index contributed by atoms with van der Waals surface area (Å²) in [5.41, 5.74) is -0.222. The molecule has 0 radical (unpaired) electrons. The lowest BCUT2D eigenvalue weighted by molar-refractivity contribution is -0.123. The molecule has 1 rings (SSSR count). The molecule has 0 aliphatic rings. The van der Waals surface area contributed by atoms with Crippen LogP contribution in [0.1, 0.15) is 26.3 Å². The summed E-state index contributed by atoms with van der Waals surface area (Å²) in [6, 6.07) is 1.18. The Hall–Kier alpha value is -0.820. The van der Waals surface area contributed by atoms with Crippen LogP contribution in [0.25, 0.3) is 0 Å². The SMILES string of the molecule is Cc1c(S(N)(=O)=O)cc(Cl)c(NC(=O)C(C)(C)C)c1Cl. The van der Waals surface area contributed by atoms with Crippen LogP contribution in [0.2, 0.25) is 10.0 Å². The number of anilines is 1. The molecule has 0 aliphatic carbocycles. The average Bonchev–Trinajstić information content (AvgIpc) is 2.26. The molecule has 0 aromatic heterocycles. The van der Waals surface area contributed by atoms with E-state index in [2.05, 4.69) is 5.32 Å². The Bertz CT molecular complexity index is 664. The zero-order valence-electron chi connectivity index (χ0n) is 11.5. The molecule has 8 heteroatoms. The monoisotopic (exact) mass is 338 g/mol. The molecule has 0 fully saturated rings. The quantitative estimate of drug-likeness (QED) is 0.868. The average molecular weight is 339 g/mol. The van der Waals surface area contributed by atoms with E-state index in [-0.39, 0.29) is 32.1 Å². The van der Waals surface area contributed by atoms with Crippen LogP contribution < -0.4 is 10.5 Å². The van der Waals surface area contributed by atoms with E-state index in [9.17, 15) is 13.2 Å². The summed E-state index contributed by atoms with van der Waals surface area (Å²) in [4.78, 5) is 11.8. The second-order valence-electron chi connectivity index (χ2n) is 5.42. The molecule has 0 heterocycles. The van der Waals surface area contributed by atoms with Crippen molar-refractivity contribution < 1.29 is 13.2 Å². The Morgan fingerprint density at radius 3 is 2.20 bits per heavy atom. The largest absolute Gasteiger partial charge is 0.323 e. The molecule has 5 nitrogen and oxygen atoms in total. The molecular formula is C12H16Cl2N2O3S. The number of primary sulfonamides is 1. The van der Waals surface area contributed by atoms with Gasteiger partial charge in [0.25, 0.3) is 0 Å². The predicted molar refractivity (Wildman–Crippen MR) is 80.7 cm³/mol. The molecular weight excluding hydrogens is 323 g/mol. The van der Waals surface area contributed by atoms with Gasteiger partial charge >= 0.3 is 0 Å². The normalized spacial score (nSPS) is 12.3. The van der Waals surface area contributed by atoms with Crippen molar-refractivity contribution in [3.63, 3.8) is 0 Å². The molecule has 0 atom stereocenters. The van der Waals surface area contributed by atoms with Gasteiger partial charge in [-0.3, -0.25) is 4.79 Å². The van der Waals surface area contributed by atoms with Crippen molar-refractivity contribution in [2.75, 3.05) is 5.32 Å². The van der Waals surface area contributed by atoms with E-state index in [1.54, 1.807) is 20.8 Å². The van der Waals surface area contributed by atoms with Crippen LogP contribution in [0.4, 0.5) is 5.69 Å². The number of benzene rings is 1. The third kappa shape index (κ3) is 3.63. The van der Waals surface area contributed by atoms with Gasteiger partial charge in [-0.25, -0.2) is 13.6 Å². The van der Waals surface area contributed by atoms with Crippen LogP contribution in [-0.2, 0) is 14.8 Å². The number of hydrogen-bond acceptors (Lipinski definition) is 3. The van der Waals surface area contributed by atoms with Gasteiger partial charge in [-0.1, -0.05) is 44.0 Å². The first kappa shape index (κ1) is 17.2. The van der Waals surface area contributed by atoms with Crippen LogP contribution >= 0.6 is 23.2 Å². The molecule has 0 saturated heterocycles. The van der Waals surface area contributed by atoms with E-state index >= 15 is 0 Å². The van der Waals surface area contributed by atoms with Gasteiger partial charge in [-0.2, -0.15) is 0 Å². The zero-order valence-corrected chi connectivity index (χ0v) is 13.9. The van der Waals surface area contributed by atoms with Crippen molar-refractivity contribution in [2.24, 2.45) is 10.6 Å². The van der Waals surface area contributed by atoms with Gasteiger partial charge in [-0.15, -0.1) is 0 Å². The first-order valence-electron chi connectivity index (χ1n) is 5.68. The maximum atomic E-state index is 12.0. The Kier molecular flexibility index (Phi) is 4.76. The zero-order chi connectivity index (χ0) is 15.9. The fraction of sp³-hybridized carbons (Fsp3) is 0.417. The fourth-order valence-electron chi connectivity index (χ4n) is 1.41. The lowest BCUT2D eigenvalue weighted by atomic mass is 9.95. The highest BCUT2D eigenvalue weighted by Gasteiger charge is 2.25. The maximum absolute atomic E-state index is 12.0. The van der Waals surface area contributed by atoms with Crippen molar-refractivity contribution in [3.05, 3.63) is 21.7 Å². The number of nitrogens with two attached hydrogens (primary N) is 1. The van der Waals surface area contributed by atoms with Gasteiger partial charge in [0, 0.05) is 5.41 Å². The van der Waals surface area contributed by atoms with Gasteiger partial charge < -0.3 is 5.32 Å². The second kappa shape index (κ2) is 5.52. The third-order valence-electron chi connectivity index (χ3n) is 2.64. The fourth-order valence-corrected chi connectivity index (χ4v) is 2.89. The molecule has 20 heavy (non-hydrogen) atoms. The topological polar surface area (TPSA) is 89.3 Å². The number of halogens is 2. The maximum Gasteiger partial charge on any atom is 0.238 e. The summed E-state index contributed by atoms with van der Waals surface area (Å²) in [7, 11) is -3.93. The summed E-state index contributed by atoms with van der Waals surface area (Å²) < 4.78 is 22.8. The molecule has 1 aromatic rings. The lowest BCUT2D eigenvalue weighted by Gasteiger charge is -2.20. The number of rotatable bonds is 2. The van der Waals surface area contributed by atoms with Crippen LogP contribution in [0.15, 0.2) is 11.0 Å². The molecule has 0 saturated carbocycles. The Morgan fingerprint density at radius 2 is 1.80 bits per heavy atom. The van der Waals surface area contributed by atoms with E-state index in [1.807, 2.05) is 0 Å². The highest BCUT2D eigenvalue weighted by Crippen LogP contribution is 2.37. The van der Waals surface area contributed by atoms with E-state index < -0.39 is 15.4 Å². The number of carbonyl (C=O) groups is 1. The van der Waals surface area contributed by atoms with Crippen molar-refractivity contribution in [1.82, 2.24) is 0 Å². The molecule has 1 aromatic carbocycles. The molecule has 1 amide bonds. The molecule has 0 bridgehead atoms. The van der Waals surface area contributed by atoms with Crippen molar-refractivity contribution in [2.45, 2.75) is 32.6 Å². The van der Waals surface area contributed by atoms with Gasteiger partial charge in [0.15, 0.2) is 0 Å². The number of sulfonamides is 1. The van der Waals surface area contributed by atoms with E-state index in [4.69, 9.17) is 28.3 Å². The van der Waals surface area contributed by atoms with E-state index in [0.29, 0.717) is 0 Å². The standard InChI is InChI=1S/C12H16Cl2N2O3S/c1-6-8(20(15,18)19)5-7(13)10(9(6)14)16-11(17)12(2,3)4/h5H,1-4H3,(H,16,17)(H2,15,18,19). The minimum absolute atomic E-state index is 0.0159.